The number of likely N-dealkylation sites (N-methyl/N-ethyl adjacent to an activating group) is 1. The van der Waals surface area contributed by atoms with Crippen LogP contribution in [-0.2, 0) is 0 Å². The van der Waals surface area contributed by atoms with Crippen LogP contribution in [0.25, 0.3) is 0 Å². The summed E-state index contributed by atoms with van der Waals surface area (Å²) in [5, 5.41) is 12.3. The number of carbonyl (C=O) groups excluding carboxylic acids is 1. The molecule has 1 heterocycles. The number of carboxylic acids is 1. The molecule has 1 aliphatic rings. The van der Waals surface area contributed by atoms with Crippen LogP contribution < -0.4 is 10.2 Å². The van der Waals surface area contributed by atoms with Crippen LogP contribution in [0.15, 0.2) is 46.9 Å². The van der Waals surface area contributed by atoms with E-state index in [0.717, 1.165) is 36.3 Å². The second kappa shape index (κ2) is 7.88. The third-order valence-electron chi connectivity index (χ3n) is 4.46. The Kier molecular flexibility index (Phi) is 5.58. The summed E-state index contributed by atoms with van der Waals surface area (Å²) in [4.78, 5) is 28.5. The molecule has 6 nitrogen and oxygen atoms in total. The van der Waals surface area contributed by atoms with Gasteiger partial charge in [0.05, 0.1) is 11.3 Å². The van der Waals surface area contributed by atoms with Crippen LogP contribution in [0, 0.1) is 0 Å². The minimum atomic E-state index is -1.06. The lowest BCUT2D eigenvalue weighted by molar-refractivity contribution is 0.0698. The molecule has 0 bridgehead atoms. The highest BCUT2D eigenvalue weighted by atomic mass is 79.9. The van der Waals surface area contributed by atoms with E-state index < -0.39 is 5.97 Å². The van der Waals surface area contributed by atoms with Crippen molar-refractivity contribution in [1.29, 1.82) is 0 Å². The van der Waals surface area contributed by atoms with Crippen molar-refractivity contribution in [3.05, 3.63) is 58.1 Å². The number of halogens is 1. The fraction of sp³-hybridized carbons (Fsp3) is 0.263. The average molecular weight is 418 g/mol. The van der Waals surface area contributed by atoms with E-state index in [-0.39, 0.29) is 11.5 Å². The summed E-state index contributed by atoms with van der Waals surface area (Å²) >= 11 is 3.32. The lowest BCUT2D eigenvalue weighted by atomic mass is 10.1. The molecule has 0 spiro atoms. The molecule has 2 N–H and O–H groups in total. The number of carbonyl (C=O) groups is 2. The van der Waals surface area contributed by atoms with E-state index >= 15 is 0 Å². The number of hydrogen-bond donors (Lipinski definition) is 2. The lowest BCUT2D eigenvalue weighted by Crippen LogP contribution is -2.44. The number of benzene rings is 2. The molecule has 0 aromatic heterocycles. The van der Waals surface area contributed by atoms with Gasteiger partial charge in [-0.3, -0.25) is 4.79 Å². The molecule has 0 aliphatic carbocycles. The predicted octanol–water partition coefficient (Wildman–Crippen LogP) is 3.15. The van der Waals surface area contributed by atoms with Gasteiger partial charge in [0.2, 0.25) is 0 Å². The smallest absolute Gasteiger partial charge is 0.337 e. The minimum Gasteiger partial charge on any atom is -0.478 e. The number of amides is 1. The number of nitrogens with one attached hydrogen (secondary N) is 1. The van der Waals surface area contributed by atoms with Crippen LogP contribution in [0.2, 0.25) is 0 Å². The van der Waals surface area contributed by atoms with E-state index in [9.17, 15) is 14.7 Å². The molecule has 2 aromatic rings. The maximum absolute atomic E-state index is 12.4. The number of anilines is 2. The van der Waals surface area contributed by atoms with Crippen molar-refractivity contribution in [2.24, 2.45) is 0 Å². The van der Waals surface area contributed by atoms with Gasteiger partial charge in [0.25, 0.3) is 5.91 Å². The molecule has 0 radical (unpaired) electrons. The fourth-order valence-corrected chi connectivity index (χ4v) is 3.14. The maximum Gasteiger partial charge on any atom is 0.337 e. The van der Waals surface area contributed by atoms with Crippen molar-refractivity contribution >= 4 is 39.2 Å². The molecule has 0 saturated carbocycles. The molecule has 26 heavy (non-hydrogen) atoms. The topological polar surface area (TPSA) is 72.9 Å². The number of nitrogens with zero attached hydrogens (tertiary/aromatic N) is 2. The first-order valence-corrected chi connectivity index (χ1v) is 9.11. The average Bonchev–Trinajstić information content (AvgIpc) is 2.63. The van der Waals surface area contributed by atoms with Gasteiger partial charge in [-0.05, 0) is 49.5 Å². The Morgan fingerprint density at radius 3 is 2.31 bits per heavy atom. The largest absolute Gasteiger partial charge is 0.478 e. The summed E-state index contributed by atoms with van der Waals surface area (Å²) in [6.45, 7) is 3.56. The second-order valence-electron chi connectivity index (χ2n) is 6.29. The van der Waals surface area contributed by atoms with E-state index in [0.29, 0.717) is 11.3 Å². The second-order valence-corrected chi connectivity index (χ2v) is 7.20. The molecule has 136 valence electrons. The van der Waals surface area contributed by atoms with E-state index in [1.807, 2.05) is 6.07 Å². The summed E-state index contributed by atoms with van der Waals surface area (Å²) in [7, 11) is 2.07. The summed E-state index contributed by atoms with van der Waals surface area (Å²) in [6, 6.07) is 12.0. The first-order chi connectivity index (χ1) is 12.4. The van der Waals surface area contributed by atoms with E-state index in [1.165, 1.54) is 0 Å². The van der Waals surface area contributed by atoms with Crippen molar-refractivity contribution in [3.63, 3.8) is 0 Å². The van der Waals surface area contributed by atoms with Gasteiger partial charge in [-0.15, -0.1) is 0 Å². The Bertz CT molecular complexity index is 815. The first-order valence-electron chi connectivity index (χ1n) is 8.32. The van der Waals surface area contributed by atoms with Gasteiger partial charge in [-0.2, -0.15) is 0 Å². The number of rotatable bonds is 4. The van der Waals surface area contributed by atoms with E-state index in [1.54, 1.807) is 36.4 Å². The van der Waals surface area contributed by atoms with Crippen molar-refractivity contribution < 1.29 is 14.7 Å². The number of carboxylic acid groups (broad SMARTS) is 1. The van der Waals surface area contributed by atoms with Crippen LogP contribution in [0.1, 0.15) is 20.7 Å². The van der Waals surface area contributed by atoms with E-state index in [2.05, 4.69) is 38.1 Å². The Morgan fingerprint density at radius 2 is 1.69 bits per heavy atom. The van der Waals surface area contributed by atoms with Gasteiger partial charge in [0, 0.05) is 41.9 Å². The quantitative estimate of drug-likeness (QED) is 0.798. The number of hydrogen-bond acceptors (Lipinski definition) is 4. The standard InChI is InChI=1S/C19H20BrN3O3/c1-22-8-10-23(11-9-22)15-6-7-17(16(12-15)19(25)26)21-18(24)13-2-4-14(20)5-3-13/h2-7,12H,8-11H2,1H3,(H,21,24)(H,25,26). The normalized spacial score (nSPS) is 14.9. The Hall–Kier alpha value is -2.38. The zero-order chi connectivity index (χ0) is 18.7. The zero-order valence-corrected chi connectivity index (χ0v) is 16.0. The molecule has 1 fully saturated rings. The van der Waals surface area contributed by atoms with Crippen LogP contribution in [0.5, 0.6) is 0 Å². The molecule has 0 unspecified atom stereocenters. The molecule has 1 aliphatic heterocycles. The van der Waals surface area contributed by atoms with Crippen molar-refractivity contribution in [1.82, 2.24) is 4.90 Å². The van der Waals surface area contributed by atoms with Crippen molar-refractivity contribution in [3.8, 4) is 0 Å². The maximum atomic E-state index is 12.4. The number of piperazine rings is 1. The fourth-order valence-electron chi connectivity index (χ4n) is 2.88. The minimum absolute atomic E-state index is 0.0897. The highest BCUT2D eigenvalue weighted by Crippen LogP contribution is 2.25. The van der Waals surface area contributed by atoms with Gasteiger partial charge in [0.1, 0.15) is 0 Å². The van der Waals surface area contributed by atoms with Gasteiger partial charge < -0.3 is 20.2 Å². The molecule has 2 aromatic carbocycles. The van der Waals surface area contributed by atoms with Gasteiger partial charge in [0.15, 0.2) is 0 Å². The van der Waals surface area contributed by atoms with Gasteiger partial charge in [-0.1, -0.05) is 15.9 Å². The van der Waals surface area contributed by atoms with Crippen LogP contribution in [-0.4, -0.2) is 55.1 Å². The summed E-state index contributed by atoms with van der Waals surface area (Å²) in [5.41, 5.74) is 1.71. The summed E-state index contributed by atoms with van der Waals surface area (Å²) in [5.74, 6) is -1.40. The Labute approximate surface area is 160 Å². The molecule has 3 rings (SSSR count). The molecule has 1 saturated heterocycles. The Morgan fingerprint density at radius 1 is 1.04 bits per heavy atom. The Balaban J connectivity index is 1.81. The third-order valence-corrected chi connectivity index (χ3v) is 4.99. The molecule has 7 heteroatoms. The highest BCUT2D eigenvalue weighted by Gasteiger charge is 2.19. The van der Waals surface area contributed by atoms with Crippen molar-refractivity contribution in [2.45, 2.75) is 0 Å². The van der Waals surface area contributed by atoms with Crippen molar-refractivity contribution in [2.75, 3.05) is 43.4 Å². The molecule has 1 amide bonds. The highest BCUT2D eigenvalue weighted by molar-refractivity contribution is 9.10. The molecule has 0 atom stereocenters. The van der Waals surface area contributed by atoms with Gasteiger partial charge in [-0.25, -0.2) is 4.79 Å². The van der Waals surface area contributed by atoms with E-state index in [4.69, 9.17) is 0 Å². The van der Waals surface area contributed by atoms with Gasteiger partial charge >= 0.3 is 5.97 Å². The molecular weight excluding hydrogens is 398 g/mol. The van der Waals surface area contributed by atoms with Crippen LogP contribution in [0.3, 0.4) is 0 Å². The predicted molar refractivity (Wildman–Crippen MR) is 105 cm³/mol. The third kappa shape index (κ3) is 4.23. The van der Waals surface area contributed by atoms with Crippen LogP contribution >= 0.6 is 15.9 Å². The first kappa shape index (κ1) is 18.4. The molecular formula is C19H20BrN3O3. The SMILES string of the molecule is CN1CCN(c2ccc(NC(=O)c3ccc(Br)cc3)c(C(=O)O)c2)CC1. The zero-order valence-electron chi connectivity index (χ0n) is 14.4. The lowest BCUT2D eigenvalue weighted by Gasteiger charge is -2.34. The monoisotopic (exact) mass is 417 g/mol. The van der Waals surface area contributed by atoms with Crippen LogP contribution in [0.4, 0.5) is 11.4 Å². The summed E-state index contributed by atoms with van der Waals surface area (Å²) < 4.78 is 0.872. The summed E-state index contributed by atoms with van der Waals surface area (Å²) in [6.07, 6.45) is 0. The number of aromatic carboxylic acids is 1.